The van der Waals surface area contributed by atoms with E-state index in [9.17, 15) is 9.59 Å². The van der Waals surface area contributed by atoms with Crippen LogP contribution in [0.3, 0.4) is 0 Å². The van der Waals surface area contributed by atoms with Crippen molar-refractivity contribution in [1.29, 1.82) is 0 Å². The first-order valence-electron chi connectivity index (χ1n) is 7.65. The lowest BCUT2D eigenvalue weighted by Gasteiger charge is -2.37. The minimum Gasteiger partial charge on any atom is -0.383 e. The molecule has 0 bridgehead atoms. The standard InChI is InChI=1S/C16H24N2O3S/c1-11-9-22-10-14(11)16(20)18-8-13(5-4-12(18)2)15(19)17-6-7-21-3/h9-10,12-13H,4-8H2,1-3H3,(H,17,19). The van der Waals surface area contributed by atoms with Gasteiger partial charge in [0.2, 0.25) is 5.91 Å². The molecule has 0 aromatic carbocycles. The van der Waals surface area contributed by atoms with E-state index in [2.05, 4.69) is 12.2 Å². The first-order valence-corrected chi connectivity index (χ1v) is 8.59. The van der Waals surface area contributed by atoms with E-state index in [0.717, 1.165) is 24.0 Å². The molecule has 6 heteroatoms. The van der Waals surface area contributed by atoms with Crippen LogP contribution in [0.2, 0.25) is 0 Å². The maximum absolute atomic E-state index is 12.7. The van der Waals surface area contributed by atoms with Crippen LogP contribution in [0.15, 0.2) is 10.8 Å². The number of carbonyl (C=O) groups excluding carboxylic acids is 2. The predicted octanol–water partition coefficient (Wildman–Crippen LogP) is 2.06. The third-order valence-corrected chi connectivity index (χ3v) is 5.07. The number of thiophene rings is 1. The number of hydrogen-bond donors (Lipinski definition) is 1. The van der Waals surface area contributed by atoms with Gasteiger partial charge >= 0.3 is 0 Å². The van der Waals surface area contributed by atoms with E-state index in [4.69, 9.17) is 4.74 Å². The first-order chi connectivity index (χ1) is 10.5. The number of piperidine rings is 1. The van der Waals surface area contributed by atoms with Gasteiger partial charge in [-0.1, -0.05) is 0 Å². The second-order valence-electron chi connectivity index (χ2n) is 5.83. The van der Waals surface area contributed by atoms with Crippen LogP contribution in [0.4, 0.5) is 0 Å². The van der Waals surface area contributed by atoms with E-state index in [0.29, 0.717) is 19.7 Å². The van der Waals surface area contributed by atoms with Crippen LogP contribution in [-0.2, 0) is 9.53 Å². The molecule has 0 saturated carbocycles. The van der Waals surface area contributed by atoms with Crippen LogP contribution in [0.1, 0.15) is 35.7 Å². The fraction of sp³-hybridized carbons (Fsp3) is 0.625. The third kappa shape index (κ3) is 3.87. The number of amides is 2. The van der Waals surface area contributed by atoms with E-state index in [1.807, 2.05) is 22.6 Å². The summed E-state index contributed by atoms with van der Waals surface area (Å²) < 4.78 is 4.94. The van der Waals surface area contributed by atoms with Gasteiger partial charge < -0.3 is 15.0 Å². The maximum Gasteiger partial charge on any atom is 0.255 e. The van der Waals surface area contributed by atoms with Gasteiger partial charge in [-0.2, -0.15) is 11.3 Å². The molecule has 122 valence electrons. The Kier molecular flexibility index (Phi) is 5.97. The molecule has 1 saturated heterocycles. The molecular weight excluding hydrogens is 300 g/mol. The summed E-state index contributed by atoms with van der Waals surface area (Å²) in [4.78, 5) is 26.7. The van der Waals surface area contributed by atoms with Crippen LogP contribution in [0.5, 0.6) is 0 Å². The molecule has 5 nitrogen and oxygen atoms in total. The van der Waals surface area contributed by atoms with Crippen molar-refractivity contribution in [2.45, 2.75) is 32.7 Å². The number of ether oxygens (including phenoxy) is 1. The van der Waals surface area contributed by atoms with Crippen LogP contribution in [0, 0.1) is 12.8 Å². The number of hydrogen-bond acceptors (Lipinski definition) is 4. The van der Waals surface area contributed by atoms with E-state index in [1.165, 1.54) is 11.3 Å². The predicted molar refractivity (Wildman–Crippen MR) is 87.2 cm³/mol. The quantitative estimate of drug-likeness (QED) is 0.844. The van der Waals surface area contributed by atoms with Crippen LogP contribution in [-0.4, -0.2) is 49.6 Å². The minimum absolute atomic E-state index is 0.0174. The van der Waals surface area contributed by atoms with Crippen molar-refractivity contribution in [3.05, 3.63) is 21.9 Å². The molecule has 1 aromatic rings. The van der Waals surface area contributed by atoms with Gasteiger partial charge in [0.1, 0.15) is 0 Å². The Hall–Kier alpha value is -1.40. The summed E-state index contributed by atoms with van der Waals surface area (Å²) in [7, 11) is 1.61. The van der Waals surface area contributed by atoms with Gasteiger partial charge in [0.25, 0.3) is 5.91 Å². The summed E-state index contributed by atoms with van der Waals surface area (Å²) in [6, 6.07) is 0.176. The zero-order chi connectivity index (χ0) is 16.1. The summed E-state index contributed by atoms with van der Waals surface area (Å²) >= 11 is 1.54. The Labute approximate surface area is 135 Å². The Morgan fingerprint density at radius 3 is 2.82 bits per heavy atom. The third-order valence-electron chi connectivity index (χ3n) is 4.21. The van der Waals surface area contributed by atoms with Gasteiger partial charge in [-0.25, -0.2) is 0 Å². The fourth-order valence-electron chi connectivity index (χ4n) is 2.76. The van der Waals surface area contributed by atoms with Crippen molar-refractivity contribution in [3.8, 4) is 0 Å². The molecule has 2 unspecified atom stereocenters. The lowest BCUT2D eigenvalue weighted by Crippen LogP contribution is -2.49. The average molecular weight is 324 g/mol. The lowest BCUT2D eigenvalue weighted by atomic mass is 9.92. The highest BCUT2D eigenvalue weighted by Crippen LogP contribution is 2.25. The van der Waals surface area contributed by atoms with Crippen molar-refractivity contribution in [2.75, 3.05) is 26.8 Å². The highest BCUT2D eigenvalue weighted by molar-refractivity contribution is 7.08. The maximum atomic E-state index is 12.7. The SMILES string of the molecule is COCCNC(=O)C1CCC(C)N(C(=O)c2cscc2C)C1. The van der Waals surface area contributed by atoms with Crippen molar-refractivity contribution in [1.82, 2.24) is 10.2 Å². The highest BCUT2D eigenvalue weighted by Gasteiger charge is 2.33. The van der Waals surface area contributed by atoms with Gasteiger partial charge in [0.05, 0.1) is 18.1 Å². The van der Waals surface area contributed by atoms with E-state index in [-0.39, 0.29) is 23.8 Å². The van der Waals surface area contributed by atoms with Gasteiger partial charge in [0, 0.05) is 31.6 Å². The topological polar surface area (TPSA) is 58.6 Å². The fourth-order valence-corrected chi connectivity index (χ4v) is 3.58. The number of likely N-dealkylation sites (tertiary alicyclic amines) is 1. The van der Waals surface area contributed by atoms with Crippen molar-refractivity contribution in [3.63, 3.8) is 0 Å². The number of rotatable bonds is 5. The number of methoxy groups -OCH3 is 1. The molecule has 0 radical (unpaired) electrons. The van der Waals surface area contributed by atoms with Crippen molar-refractivity contribution < 1.29 is 14.3 Å². The Morgan fingerprint density at radius 1 is 1.41 bits per heavy atom. The molecule has 1 N–H and O–H groups in total. The molecule has 2 amide bonds. The molecule has 1 aromatic heterocycles. The number of carbonyl (C=O) groups is 2. The van der Waals surface area contributed by atoms with Gasteiger partial charge in [-0.05, 0) is 37.6 Å². The van der Waals surface area contributed by atoms with Crippen LogP contribution < -0.4 is 5.32 Å². The molecule has 1 fully saturated rings. The molecule has 2 atom stereocenters. The Morgan fingerprint density at radius 2 is 2.18 bits per heavy atom. The zero-order valence-corrected chi connectivity index (χ0v) is 14.2. The lowest BCUT2D eigenvalue weighted by molar-refractivity contribution is -0.126. The smallest absolute Gasteiger partial charge is 0.255 e. The van der Waals surface area contributed by atoms with E-state index >= 15 is 0 Å². The summed E-state index contributed by atoms with van der Waals surface area (Å²) in [5.41, 5.74) is 1.77. The van der Waals surface area contributed by atoms with Crippen molar-refractivity contribution in [2.24, 2.45) is 5.92 Å². The Bertz CT molecular complexity index is 529. The summed E-state index contributed by atoms with van der Waals surface area (Å²) in [5.74, 6) is -0.0691. The molecule has 2 heterocycles. The van der Waals surface area contributed by atoms with E-state index in [1.54, 1.807) is 7.11 Å². The molecule has 0 aliphatic carbocycles. The minimum atomic E-state index is -0.129. The zero-order valence-electron chi connectivity index (χ0n) is 13.4. The number of nitrogens with zero attached hydrogens (tertiary/aromatic N) is 1. The summed E-state index contributed by atoms with van der Waals surface area (Å²) in [6.07, 6.45) is 1.68. The molecule has 22 heavy (non-hydrogen) atoms. The normalized spacial score (nSPS) is 21.7. The highest BCUT2D eigenvalue weighted by atomic mass is 32.1. The first kappa shape index (κ1) is 17.0. The van der Waals surface area contributed by atoms with E-state index < -0.39 is 0 Å². The summed E-state index contributed by atoms with van der Waals surface area (Å²) in [6.45, 7) is 5.52. The van der Waals surface area contributed by atoms with Gasteiger partial charge in [-0.3, -0.25) is 9.59 Å². The molecule has 0 spiro atoms. The van der Waals surface area contributed by atoms with Crippen LogP contribution in [0.25, 0.3) is 0 Å². The molecule has 1 aliphatic rings. The molecule has 1 aliphatic heterocycles. The molecule has 2 rings (SSSR count). The second kappa shape index (κ2) is 7.74. The molecular formula is C16H24N2O3S. The largest absolute Gasteiger partial charge is 0.383 e. The van der Waals surface area contributed by atoms with Crippen molar-refractivity contribution >= 4 is 23.2 Å². The number of nitrogens with one attached hydrogen (secondary N) is 1. The van der Waals surface area contributed by atoms with Gasteiger partial charge in [-0.15, -0.1) is 0 Å². The Balaban J connectivity index is 2.00. The summed E-state index contributed by atoms with van der Waals surface area (Å²) in [5, 5.41) is 6.75. The van der Waals surface area contributed by atoms with Crippen LogP contribution >= 0.6 is 11.3 Å². The number of aryl methyl sites for hydroxylation is 1. The second-order valence-corrected chi connectivity index (χ2v) is 6.58. The monoisotopic (exact) mass is 324 g/mol. The average Bonchev–Trinajstić information content (AvgIpc) is 2.93. The van der Waals surface area contributed by atoms with Gasteiger partial charge in [0.15, 0.2) is 0 Å².